The zero-order valence-corrected chi connectivity index (χ0v) is 15.6. The highest BCUT2D eigenvalue weighted by molar-refractivity contribution is 5.83. The lowest BCUT2D eigenvalue weighted by atomic mass is 9.88. The van der Waals surface area contributed by atoms with Crippen LogP contribution in [0.25, 0.3) is 11.0 Å². The predicted molar refractivity (Wildman–Crippen MR) is 103 cm³/mol. The Balaban J connectivity index is 1.33. The molecule has 2 aliphatic rings. The molecule has 0 unspecified atom stereocenters. The number of ether oxygens (including phenoxy) is 1. The van der Waals surface area contributed by atoms with Gasteiger partial charge in [0.2, 0.25) is 11.8 Å². The lowest BCUT2D eigenvalue weighted by Crippen LogP contribution is -2.51. The fourth-order valence-electron chi connectivity index (χ4n) is 3.89. The minimum Gasteiger partial charge on any atom is -0.378 e. The summed E-state index contributed by atoms with van der Waals surface area (Å²) in [5.74, 6) is -0.367. The molecule has 1 aromatic carbocycles. The standard InChI is InChI=1S/C19H25N5O4/c25-17(21-9-12-1-2-15-16(7-12)23-19(27)22-15)13-8-14(11-20-10-13)18(26)24-3-5-28-6-4-24/h1-2,7,13-14,20H,3-6,8-11H2,(H,21,25)(H2,22,23,27)/t13-,14+/m1/s1. The van der Waals surface area contributed by atoms with E-state index >= 15 is 0 Å². The average Bonchev–Trinajstić information content (AvgIpc) is 3.11. The van der Waals surface area contributed by atoms with E-state index in [0.29, 0.717) is 57.9 Å². The zero-order chi connectivity index (χ0) is 19.5. The maximum atomic E-state index is 12.7. The van der Waals surface area contributed by atoms with Gasteiger partial charge in [-0.2, -0.15) is 0 Å². The number of morpholine rings is 1. The van der Waals surface area contributed by atoms with Gasteiger partial charge in [-0.15, -0.1) is 0 Å². The Morgan fingerprint density at radius 1 is 1.11 bits per heavy atom. The van der Waals surface area contributed by atoms with E-state index in [1.54, 1.807) is 0 Å². The van der Waals surface area contributed by atoms with Gasteiger partial charge in [-0.1, -0.05) is 6.07 Å². The van der Waals surface area contributed by atoms with E-state index in [1.165, 1.54) is 0 Å². The fourth-order valence-corrected chi connectivity index (χ4v) is 3.89. The second kappa shape index (κ2) is 8.15. The van der Waals surface area contributed by atoms with Crippen molar-refractivity contribution in [2.75, 3.05) is 39.4 Å². The smallest absolute Gasteiger partial charge is 0.323 e. The van der Waals surface area contributed by atoms with E-state index in [0.717, 1.165) is 11.1 Å². The number of nitrogens with one attached hydrogen (secondary N) is 4. The fraction of sp³-hybridized carbons (Fsp3) is 0.526. The molecule has 9 nitrogen and oxygen atoms in total. The monoisotopic (exact) mass is 387 g/mol. The largest absolute Gasteiger partial charge is 0.378 e. The van der Waals surface area contributed by atoms with Gasteiger partial charge >= 0.3 is 5.69 Å². The lowest BCUT2D eigenvalue weighted by Gasteiger charge is -2.34. The Hall–Kier alpha value is -2.65. The van der Waals surface area contributed by atoms with Gasteiger partial charge < -0.3 is 30.2 Å². The predicted octanol–water partition coefficient (Wildman–Crippen LogP) is -0.443. The topological polar surface area (TPSA) is 119 Å². The summed E-state index contributed by atoms with van der Waals surface area (Å²) in [6, 6.07) is 5.53. The van der Waals surface area contributed by atoms with Gasteiger partial charge in [0.25, 0.3) is 0 Å². The first-order valence-corrected chi connectivity index (χ1v) is 9.66. The van der Waals surface area contributed by atoms with E-state index in [4.69, 9.17) is 4.74 Å². The maximum Gasteiger partial charge on any atom is 0.323 e. The summed E-state index contributed by atoms with van der Waals surface area (Å²) in [6.45, 7) is 3.95. The van der Waals surface area contributed by atoms with Gasteiger partial charge in [-0.05, 0) is 24.1 Å². The molecule has 2 atom stereocenters. The molecular weight excluding hydrogens is 362 g/mol. The summed E-state index contributed by atoms with van der Waals surface area (Å²) >= 11 is 0. The molecule has 28 heavy (non-hydrogen) atoms. The summed E-state index contributed by atoms with van der Waals surface area (Å²) in [7, 11) is 0. The number of carbonyl (C=O) groups is 2. The number of hydrogen-bond donors (Lipinski definition) is 4. The Morgan fingerprint density at radius 2 is 1.86 bits per heavy atom. The molecule has 2 saturated heterocycles. The molecule has 3 heterocycles. The zero-order valence-electron chi connectivity index (χ0n) is 15.6. The first-order chi connectivity index (χ1) is 13.6. The number of aromatic nitrogens is 2. The molecule has 0 radical (unpaired) electrons. The molecule has 2 fully saturated rings. The third-order valence-electron chi connectivity index (χ3n) is 5.44. The third kappa shape index (κ3) is 4.10. The number of imidazole rings is 1. The van der Waals surface area contributed by atoms with Gasteiger partial charge in [-0.3, -0.25) is 9.59 Å². The SMILES string of the molecule is O=C(NCc1ccc2[nH]c(=O)[nH]c2c1)[C@H]1CNC[C@@H](C(=O)N2CCOCC2)C1. The number of benzene rings is 1. The Bertz CT molecular complexity index is 914. The van der Waals surface area contributed by atoms with Gasteiger partial charge in [0.15, 0.2) is 0 Å². The molecule has 2 aromatic rings. The van der Waals surface area contributed by atoms with Crippen molar-refractivity contribution in [1.29, 1.82) is 0 Å². The number of hydrogen-bond acceptors (Lipinski definition) is 5. The van der Waals surface area contributed by atoms with Crippen molar-refractivity contribution in [1.82, 2.24) is 25.5 Å². The summed E-state index contributed by atoms with van der Waals surface area (Å²) in [5, 5.41) is 6.18. The normalized spacial score (nSPS) is 22.9. The number of carbonyl (C=O) groups excluding carboxylic acids is 2. The molecule has 0 saturated carbocycles. The Labute approximate surface area is 161 Å². The van der Waals surface area contributed by atoms with E-state index in [1.807, 2.05) is 23.1 Å². The number of nitrogens with zero attached hydrogens (tertiary/aromatic N) is 1. The summed E-state index contributed by atoms with van der Waals surface area (Å²) < 4.78 is 5.30. The number of rotatable bonds is 4. The highest BCUT2D eigenvalue weighted by Gasteiger charge is 2.33. The highest BCUT2D eigenvalue weighted by atomic mass is 16.5. The van der Waals surface area contributed by atoms with Crippen LogP contribution >= 0.6 is 0 Å². The maximum absolute atomic E-state index is 12.7. The third-order valence-corrected chi connectivity index (χ3v) is 5.44. The number of amides is 2. The number of fused-ring (bicyclic) bond motifs is 1. The van der Waals surface area contributed by atoms with Crippen LogP contribution in [0.3, 0.4) is 0 Å². The highest BCUT2D eigenvalue weighted by Crippen LogP contribution is 2.20. The van der Waals surface area contributed by atoms with Crippen LogP contribution in [0.15, 0.2) is 23.0 Å². The van der Waals surface area contributed by atoms with Crippen LogP contribution in [0.2, 0.25) is 0 Å². The van der Waals surface area contributed by atoms with E-state index in [2.05, 4.69) is 20.6 Å². The van der Waals surface area contributed by atoms with E-state index in [9.17, 15) is 14.4 Å². The second-order valence-electron chi connectivity index (χ2n) is 7.40. The van der Waals surface area contributed by atoms with Crippen molar-refractivity contribution in [2.45, 2.75) is 13.0 Å². The van der Waals surface area contributed by atoms with E-state index in [-0.39, 0.29) is 29.3 Å². The summed E-state index contributed by atoms with van der Waals surface area (Å²) in [4.78, 5) is 43.9. The quantitative estimate of drug-likeness (QED) is 0.567. The molecule has 4 N–H and O–H groups in total. The van der Waals surface area contributed by atoms with E-state index < -0.39 is 0 Å². The van der Waals surface area contributed by atoms with Crippen LogP contribution in [-0.2, 0) is 20.9 Å². The van der Waals surface area contributed by atoms with Crippen LogP contribution < -0.4 is 16.3 Å². The molecule has 2 aliphatic heterocycles. The first kappa shape index (κ1) is 18.7. The molecule has 0 spiro atoms. The van der Waals surface area contributed by atoms with Crippen molar-refractivity contribution in [3.05, 3.63) is 34.2 Å². The number of piperidine rings is 1. The van der Waals surface area contributed by atoms with Crippen molar-refractivity contribution >= 4 is 22.8 Å². The Kier molecular flexibility index (Phi) is 5.45. The summed E-state index contributed by atoms with van der Waals surface area (Å²) in [6.07, 6.45) is 0.555. The molecule has 0 aliphatic carbocycles. The second-order valence-corrected chi connectivity index (χ2v) is 7.40. The molecule has 2 amide bonds. The van der Waals surface area contributed by atoms with Crippen molar-refractivity contribution in [2.24, 2.45) is 11.8 Å². The number of H-pyrrole nitrogens is 2. The molecule has 150 valence electrons. The van der Waals surface area contributed by atoms with Gasteiger partial charge in [0.1, 0.15) is 0 Å². The average molecular weight is 387 g/mol. The number of aromatic amines is 2. The molecule has 9 heteroatoms. The molecular formula is C19H25N5O4. The van der Waals surface area contributed by atoms with Crippen LogP contribution in [-0.4, -0.2) is 66.1 Å². The Morgan fingerprint density at radius 3 is 2.68 bits per heavy atom. The lowest BCUT2D eigenvalue weighted by molar-refractivity contribution is -0.141. The molecule has 4 rings (SSSR count). The van der Waals surface area contributed by atoms with Crippen LogP contribution in [0, 0.1) is 11.8 Å². The molecule has 0 bridgehead atoms. The van der Waals surface area contributed by atoms with Gasteiger partial charge in [0.05, 0.1) is 36.1 Å². The molecule has 1 aromatic heterocycles. The van der Waals surface area contributed by atoms with Crippen LogP contribution in [0.1, 0.15) is 12.0 Å². The summed E-state index contributed by atoms with van der Waals surface area (Å²) in [5.41, 5.74) is 2.11. The van der Waals surface area contributed by atoms with Gasteiger partial charge in [-0.25, -0.2) is 4.79 Å². The van der Waals surface area contributed by atoms with Crippen molar-refractivity contribution in [3.63, 3.8) is 0 Å². The van der Waals surface area contributed by atoms with Crippen molar-refractivity contribution in [3.8, 4) is 0 Å². The minimum absolute atomic E-state index is 0.0605. The van der Waals surface area contributed by atoms with Crippen molar-refractivity contribution < 1.29 is 14.3 Å². The van der Waals surface area contributed by atoms with Gasteiger partial charge in [0, 0.05) is 32.7 Å². The van der Waals surface area contributed by atoms with Crippen LogP contribution in [0.5, 0.6) is 0 Å². The minimum atomic E-state index is -0.250. The first-order valence-electron chi connectivity index (χ1n) is 9.66. The van der Waals surface area contributed by atoms with Crippen LogP contribution in [0.4, 0.5) is 0 Å².